The molecule has 0 aliphatic heterocycles. The van der Waals surface area contributed by atoms with Crippen molar-refractivity contribution in [3.05, 3.63) is 70.3 Å². The van der Waals surface area contributed by atoms with E-state index in [1.807, 2.05) is 45.0 Å². The van der Waals surface area contributed by atoms with E-state index in [-0.39, 0.29) is 11.7 Å². The first-order valence-electron chi connectivity index (χ1n) is 9.08. The molecule has 0 fully saturated rings. The second kappa shape index (κ2) is 6.58. The monoisotopic (exact) mass is 363 g/mol. The Morgan fingerprint density at radius 2 is 1.85 bits per heavy atom. The van der Waals surface area contributed by atoms with Crippen LogP contribution in [0.15, 0.2) is 36.4 Å². The van der Waals surface area contributed by atoms with Crippen LogP contribution in [-0.4, -0.2) is 22.4 Å². The molecule has 0 aliphatic carbocycles. The Kier molecular flexibility index (Phi) is 4.22. The molecule has 4 aromatic rings. The third-order valence-electron chi connectivity index (χ3n) is 5.20. The zero-order valence-corrected chi connectivity index (χ0v) is 15.7. The topological polar surface area (TPSA) is 60.7 Å². The summed E-state index contributed by atoms with van der Waals surface area (Å²) in [6, 6.07) is 11.1. The summed E-state index contributed by atoms with van der Waals surface area (Å²) in [6.07, 6.45) is 0.640. The summed E-state index contributed by atoms with van der Waals surface area (Å²) < 4.78 is 14.1. The molecule has 3 N–H and O–H groups in total. The zero-order chi connectivity index (χ0) is 19.1. The largest absolute Gasteiger partial charge is 0.356 e. The smallest absolute Gasteiger partial charge is 0.267 e. The molecule has 0 radical (unpaired) electrons. The maximum absolute atomic E-state index is 14.1. The van der Waals surface area contributed by atoms with Crippen molar-refractivity contribution in [3.63, 3.8) is 0 Å². The fourth-order valence-corrected chi connectivity index (χ4v) is 3.78. The van der Waals surface area contributed by atoms with Crippen LogP contribution in [0.3, 0.4) is 0 Å². The lowest BCUT2D eigenvalue weighted by atomic mass is 10.0. The average Bonchev–Trinajstić information content (AvgIpc) is 3.22. The molecule has 0 saturated carbocycles. The van der Waals surface area contributed by atoms with Crippen LogP contribution in [0.4, 0.5) is 4.39 Å². The molecule has 138 valence electrons. The second-order valence-electron chi connectivity index (χ2n) is 7.07. The molecule has 4 rings (SSSR count). The molecule has 0 bridgehead atoms. The minimum atomic E-state index is -0.248. The van der Waals surface area contributed by atoms with Gasteiger partial charge in [-0.05, 0) is 56.0 Å². The van der Waals surface area contributed by atoms with E-state index in [2.05, 4.69) is 15.3 Å². The molecule has 0 aliphatic rings. The van der Waals surface area contributed by atoms with Gasteiger partial charge in [0.05, 0.1) is 5.52 Å². The van der Waals surface area contributed by atoms with Crippen LogP contribution in [0.5, 0.6) is 0 Å². The van der Waals surface area contributed by atoms with Crippen molar-refractivity contribution in [1.82, 2.24) is 15.3 Å². The SMILES string of the molecule is Cc1[nH]c2c(F)ccc(C)c2c1CCNC(=O)c1cc2cccc(C)c2[nH]1. The number of H-pyrrole nitrogens is 2. The van der Waals surface area contributed by atoms with Crippen molar-refractivity contribution in [1.29, 1.82) is 0 Å². The number of aromatic nitrogens is 2. The van der Waals surface area contributed by atoms with Crippen LogP contribution >= 0.6 is 0 Å². The van der Waals surface area contributed by atoms with Gasteiger partial charge < -0.3 is 15.3 Å². The van der Waals surface area contributed by atoms with E-state index in [9.17, 15) is 9.18 Å². The summed E-state index contributed by atoms with van der Waals surface area (Å²) in [7, 11) is 0. The van der Waals surface area contributed by atoms with E-state index < -0.39 is 0 Å². The van der Waals surface area contributed by atoms with E-state index in [1.54, 1.807) is 6.07 Å². The Bertz CT molecular complexity index is 1170. The van der Waals surface area contributed by atoms with Crippen LogP contribution in [0, 0.1) is 26.6 Å². The van der Waals surface area contributed by atoms with Gasteiger partial charge in [0, 0.05) is 28.5 Å². The number of benzene rings is 2. The fourth-order valence-electron chi connectivity index (χ4n) is 3.78. The van der Waals surface area contributed by atoms with Crippen LogP contribution in [-0.2, 0) is 6.42 Å². The maximum Gasteiger partial charge on any atom is 0.267 e. The standard InChI is InChI=1S/C22H22FN3O/c1-12-7-8-17(23)21-19(12)16(14(3)25-21)9-10-24-22(27)18-11-15-6-4-5-13(2)20(15)26-18/h4-8,11,25-26H,9-10H2,1-3H3,(H,24,27). The molecular weight excluding hydrogens is 341 g/mol. The van der Waals surface area contributed by atoms with Gasteiger partial charge in [0.15, 0.2) is 0 Å². The lowest BCUT2D eigenvalue weighted by molar-refractivity contribution is 0.0950. The third-order valence-corrected chi connectivity index (χ3v) is 5.20. The van der Waals surface area contributed by atoms with Gasteiger partial charge in [-0.15, -0.1) is 0 Å². The Balaban J connectivity index is 1.52. The highest BCUT2D eigenvalue weighted by Crippen LogP contribution is 2.28. The third kappa shape index (κ3) is 2.99. The number of hydrogen-bond acceptors (Lipinski definition) is 1. The number of fused-ring (bicyclic) bond motifs is 2. The van der Waals surface area contributed by atoms with E-state index in [0.29, 0.717) is 24.2 Å². The van der Waals surface area contributed by atoms with Gasteiger partial charge in [0.25, 0.3) is 5.91 Å². The normalized spacial score (nSPS) is 11.4. The van der Waals surface area contributed by atoms with Gasteiger partial charge in [0.1, 0.15) is 11.5 Å². The summed E-state index contributed by atoms with van der Waals surface area (Å²) in [5, 5.41) is 4.91. The van der Waals surface area contributed by atoms with Gasteiger partial charge >= 0.3 is 0 Å². The Labute approximate surface area is 156 Å². The fraction of sp³-hybridized carbons (Fsp3) is 0.227. The summed E-state index contributed by atoms with van der Waals surface area (Å²) >= 11 is 0. The van der Waals surface area contributed by atoms with E-state index >= 15 is 0 Å². The lowest BCUT2D eigenvalue weighted by Gasteiger charge is -2.06. The second-order valence-corrected chi connectivity index (χ2v) is 7.07. The first kappa shape index (κ1) is 17.3. The molecule has 4 nitrogen and oxygen atoms in total. The highest BCUT2D eigenvalue weighted by Gasteiger charge is 2.15. The average molecular weight is 363 g/mol. The van der Waals surface area contributed by atoms with Crippen LogP contribution < -0.4 is 5.32 Å². The Morgan fingerprint density at radius 3 is 2.63 bits per heavy atom. The number of rotatable bonds is 4. The number of hydrogen-bond donors (Lipinski definition) is 3. The lowest BCUT2D eigenvalue weighted by Crippen LogP contribution is -2.26. The summed E-state index contributed by atoms with van der Waals surface area (Å²) in [5.41, 5.74) is 6.21. The quantitative estimate of drug-likeness (QED) is 0.484. The molecule has 27 heavy (non-hydrogen) atoms. The minimum absolute atomic E-state index is 0.133. The molecule has 1 amide bonds. The summed E-state index contributed by atoms with van der Waals surface area (Å²) in [4.78, 5) is 18.8. The van der Waals surface area contributed by atoms with Crippen molar-refractivity contribution >= 4 is 27.7 Å². The van der Waals surface area contributed by atoms with Crippen molar-refractivity contribution in [2.24, 2.45) is 0 Å². The van der Waals surface area contributed by atoms with Crippen LogP contribution in [0.1, 0.15) is 32.9 Å². The first-order chi connectivity index (χ1) is 13.0. The minimum Gasteiger partial charge on any atom is -0.356 e. The van der Waals surface area contributed by atoms with Crippen molar-refractivity contribution < 1.29 is 9.18 Å². The number of carbonyl (C=O) groups is 1. The predicted octanol–water partition coefficient (Wildman–Crippen LogP) is 4.69. The summed E-state index contributed by atoms with van der Waals surface area (Å²) in [5.74, 6) is -0.381. The van der Waals surface area contributed by atoms with E-state index in [4.69, 9.17) is 0 Å². The molecule has 0 spiro atoms. The number of aryl methyl sites for hydroxylation is 3. The molecule has 0 atom stereocenters. The Morgan fingerprint density at radius 1 is 1.04 bits per heavy atom. The van der Waals surface area contributed by atoms with Crippen molar-refractivity contribution in [2.45, 2.75) is 27.2 Å². The van der Waals surface area contributed by atoms with Gasteiger partial charge in [-0.25, -0.2) is 4.39 Å². The first-order valence-corrected chi connectivity index (χ1v) is 9.08. The molecule has 0 unspecified atom stereocenters. The number of aromatic amines is 2. The predicted molar refractivity (Wildman–Crippen MR) is 107 cm³/mol. The van der Waals surface area contributed by atoms with Crippen molar-refractivity contribution in [3.8, 4) is 0 Å². The molecule has 5 heteroatoms. The van der Waals surface area contributed by atoms with Crippen molar-refractivity contribution in [2.75, 3.05) is 6.54 Å². The number of carbonyl (C=O) groups excluding carboxylic acids is 1. The molecule has 0 saturated heterocycles. The summed E-state index contributed by atoms with van der Waals surface area (Å²) in [6.45, 7) is 6.42. The Hall–Kier alpha value is -3.08. The van der Waals surface area contributed by atoms with Gasteiger partial charge in [0.2, 0.25) is 0 Å². The number of amides is 1. The van der Waals surface area contributed by atoms with Gasteiger partial charge in [-0.3, -0.25) is 4.79 Å². The number of nitrogens with one attached hydrogen (secondary N) is 3. The highest BCUT2D eigenvalue weighted by molar-refractivity contribution is 5.98. The molecule has 2 aromatic carbocycles. The van der Waals surface area contributed by atoms with Gasteiger partial charge in [-0.2, -0.15) is 0 Å². The number of para-hydroxylation sites is 1. The maximum atomic E-state index is 14.1. The molecule has 2 heterocycles. The zero-order valence-electron chi connectivity index (χ0n) is 15.7. The van der Waals surface area contributed by atoms with Crippen LogP contribution in [0.2, 0.25) is 0 Å². The molecular formula is C22H22FN3O. The van der Waals surface area contributed by atoms with Crippen LogP contribution in [0.25, 0.3) is 21.8 Å². The highest BCUT2D eigenvalue weighted by atomic mass is 19.1. The van der Waals surface area contributed by atoms with Gasteiger partial charge in [-0.1, -0.05) is 24.3 Å². The van der Waals surface area contributed by atoms with E-state index in [1.165, 1.54) is 6.07 Å². The molecule has 2 aromatic heterocycles. The number of halogens is 1. The van der Waals surface area contributed by atoms with E-state index in [0.717, 1.165) is 38.7 Å².